The van der Waals surface area contributed by atoms with E-state index in [-0.39, 0.29) is 17.2 Å². The fourth-order valence-electron chi connectivity index (χ4n) is 1.86. The van der Waals surface area contributed by atoms with E-state index in [0.717, 1.165) is 29.8 Å². The van der Waals surface area contributed by atoms with Crippen molar-refractivity contribution in [2.75, 3.05) is 6.54 Å². The van der Waals surface area contributed by atoms with Crippen molar-refractivity contribution in [2.24, 2.45) is 5.73 Å². The van der Waals surface area contributed by atoms with E-state index in [2.05, 4.69) is 18.3 Å². The largest absolute Gasteiger partial charge is 0.355 e. The van der Waals surface area contributed by atoms with Crippen LogP contribution in [0.1, 0.15) is 51.6 Å². The van der Waals surface area contributed by atoms with E-state index in [1.807, 2.05) is 32.0 Å². The number of carbonyl (C=O) groups is 1. The molecule has 0 radical (unpaired) electrons. The van der Waals surface area contributed by atoms with Gasteiger partial charge in [-0.25, -0.2) is 0 Å². The molecule has 0 aromatic heterocycles. The molecule has 1 aromatic carbocycles. The normalized spacial score (nSPS) is 13.8. The third kappa shape index (κ3) is 5.97. The second kappa shape index (κ2) is 9.03. The van der Waals surface area contributed by atoms with Crippen LogP contribution in [0.2, 0.25) is 0 Å². The summed E-state index contributed by atoms with van der Waals surface area (Å²) in [6.07, 6.45) is 3.39. The van der Waals surface area contributed by atoms with E-state index in [1.165, 1.54) is 6.42 Å². The Balaban J connectivity index is 2.46. The Hall–Kier alpha value is -1.00. The van der Waals surface area contributed by atoms with Gasteiger partial charge in [-0.2, -0.15) is 0 Å². The summed E-state index contributed by atoms with van der Waals surface area (Å²) in [7, 11) is 0. The molecule has 3 nitrogen and oxygen atoms in total. The summed E-state index contributed by atoms with van der Waals surface area (Å²) in [5, 5.41) is 2.91. The first kappa shape index (κ1) is 17.1. The van der Waals surface area contributed by atoms with Crippen molar-refractivity contribution in [3.8, 4) is 0 Å². The highest BCUT2D eigenvalue weighted by molar-refractivity contribution is 8.00. The van der Waals surface area contributed by atoms with Crippen LogP contribution in [0.4, 0.5) is 0 Å². The maximum absolute atomic E-state index is 12.0. The lowest BCUT2D eigenvalue weighted by molar-refractivity contribution is -0.120. The smallest absolute Gasteiger partial charge is 0.233 e. The van der Waals surface area contributed by atoms with Crippen molar-refractivity contribution in [2.45, 2.75) is 56.2 Å². The highest BCUT2D eigenvalue weighted by atomic mass is 32.2. The summed E-state index contributed by atoms with van der Waals surface area (Å²) in [6.45, 7) is 6.84. The predicted octanol–water partition coefficient (Wildman–Crippen LogP) is 3.49. The number of carbonyl (C=O) groups excluding carboxylic acids is 1. The maximum Gasteiger partial charge on any atom is 0.233 e. The van der Waals surface area contributed by atoms with Crippen LogP contribution in [0.25, 0.3) is 0 Å². The highest BCUT2D eigenvalue weighted by Gasteiger charge is 2.14. The fraction of sp³-hybridized carbons (Fsp3) is 0.562. The lowest BCUT2D eigenvalue weighted by atomic mass is 10.1. The molecular formula is C16H26N2OS. The molecule has 0 saturated heterocycles. The van der Waals surface area contributed by atoms with E-state index in [0.29, 0.717) is 0 Å². The minimum Gasteiger partial charge on any atom is -0.355 e. The van der Waals surface area contributed by atoms with Gasteiger partial charge in [0.15, 0.2) is 0 Å². The zero-order valence-corrected chi connectivity index (χ0v) is 13.5. The number of nitrogens with one attached hydrogen (secondary N) is 1. The number of thioether (sulfide) groups is 1. The topological polar surface area (TPSA) is 55.1 Å². The van der Waals surface area contributed by atoms with Gasteiger partial charge in [0.05, 0.1) is 5.25 Å². The van der Waals surface area contributed by atoms with Crippen LogP contribution in [0, 0.1) is 0 Å². The molecule has 20 heavy (non-hydrogen) atoms. The molecule has 1 rings (SSSR count). The van der Waals surface area contributed by atoms with Crippen LogP contribution in [-0.4, -0.2) is 17.7 Å². The van der Waals surface area contributed by atoms with Crippen LogP contribution in [0.15, 0.2) is 29.2 Å². The standard InChI is InChI=1S/C16H26N2OS/c1-4-5-6-10-18-16(19)13(3)20-15-9-7-8-14(11-15)12(2)17/h7-9,11-13H,4-6,10,17H2,1-3H3,(H,18,19). The van der Waals surface area contributed by atoms with E-state index in [1.54, 1.807) is 11.8 Å². The van der Waals surface area contributed by atoms with Gasteiger partial charge in [0.1, 0.15) is 0 Å². The van der Waals surface area contributed by atoms with Gasteiger partial charge in [0.2, 0.25) is 5.91 Å². The Labute approximate surface area is 126 Å². The van der Waals surface area contributed by atoms with Crippen molar-refractivity contribution in [3.05, 3.63) is 29.8 Å². The van der Waals surface area contributed by atoms with Crippen LogP contribution < -0.4 is 11.1 Å². The number of benzene rings is 1. The molecule has 2 unspecified atom stereocenters. The third-order valence-corrected chi connectivity index (χ3v) is 4.24. The molecule has 0 aliphatic rings. The molecule has 0 bridgehead atoms. The van der Waals surface area contributed by atoms with Crippen molar-refractivity contribution >= 4 is 17.7 Å². The Morgan fingerprint density at radius 1 is 1.35 bits per heavy atom. The summed E-state index contributed by atoms with van der Waals surface area (Å²) >= 11 is 1.58. The number of hydrogen-bond acceptors (Lipinski definition) is 3. The van der Waals surface area contributed by atoms with Gasteiger partial charge in [0, 0.05) is 17.5 Å². The third-order valence-electron chi connectivity index (χ3n) is 3.15. The summed E-state index contributed by atoms with van der Waals surface area (Å²) in [5.74, 6) is 0.109. The van der Waals surface area contributed by atoms with Crippen molar-refractivity contribution in [1.29, 1.82) is 0 Å². The van der Waals surface area contributed by atoms with E-state index >= 15 is 0 Å². The quantitative estimate of drug-likeness (QED) is 0.570. The average molecular weight is 294 g/mol. The van der Waals surface area contributed by atoms with Gasteiger partial charge in [-0.1, -0.05) is 31.9 Å². The second-order valence-electron chi connectivity index (χ2n) is 5.12. The molecule has 1 aromatic rings. The predicted molar refractivity (Wildman–Crippen MR) is 86.9 cm³/mol. The first-order valence-electron chi connectivity index (χ1n) is 7.34. The van der Waals surface area contributed by atoms with Gasteiger partial charge in [-0.15, -0.1) is 11.8 Å². The monoisotopic (exact) mass is 294 g/mol. The molecule has 3 N–H and O–H groups in total. The van der Waals surface area contributed by atoms with E-state index < -0.39 is 0 Å². The molecule has 0 aliphatic heterocycles. The molecular weight excluding hydrogens is 268 g/mol. The summed E-state index contributed by atoms with van der Waals surface area (Å²) in [6, 6.07) is 8.12. The summed E-state index contributed by atoms with van der Waals surface area (Å²) in [4.78, 5) is 13.1. The van der Waals surface area contributed by atoms with Crippen LogP contribution in [-0.2, 0) is 4.79 Å². The Morgan fingerprint density at radius 3 is 2.75 bits per heavy atom. The van der Waals surface area contributed by atoms with E-state index in [9.17, 15) is 4.79 Å². The second-order valence-corrected chi connectivity index (χ2v) is 6.53. The summed E-state index contributed by atoms with van der Waals surface area (Å²) in [5.41, 5.74) is 6.98. The number of nitrogens with two attached hydrogens (primary N) is 1. The number of amides is 1. The fourth-order valence-corrected chi connectivity index (χ4v) is 2.82. The van der Waals surface area contributed by atoms with Gasteiger partial charge >= 0.3 is 0 Å². The lowest BCUT2D eigenvalue weighted by Gasteiger charge is -2.13. The molecule has 0 aliphatic carbocycles. The zero-order valence-electron chi connectivity index (χ0n) is 12.7. The molecule has 0 heterocycles. The molecule has 0 fully saturated rings. The van der Waals surface area contributed by atoms with Crippen molar-refractivity contribution in [3.63, 3.8) is 0 Å². The van der Waals surface area contributed by atoms with Gasteiger partial charge in [-0.3, -0.25) is 4.79 Å². The van der Waals surface area contributed by atoms with Crippen LogP contribution in [0.5, 0.6) is 0 Å². The number of rotatable bonds is 8. The zero-order chi connectivity index (χ0) is 15.0. The molecule has 2 atom stereocenters. The summed E-state index contributed by atoms with van der Waals surface area (Å²) < 4.78 is 0. The molecule has 1 amide bonds. The van der Waals surface area contributed by atoms with E-state index in [4.69, 9.17) is 5.73 Å². The lowest BCUT2D eigenvalue weighted by Crippen LogP contribution is -2.31. The first-order valence-corrected chi connectivity index (χ1v) is 8.22. The average Bonchev–Trinajstić information content (AvgIpc) is 2.43. The molecule has 0 spiro atoms. The minimum absolute atomic E-state index is 0.0220. The van der Waals surface area contributed by atoms with Gasteiger partial charge in [-0.05, 0) is 38.0 Å². The maximum atomic E-state index is 12.0. The van der Waals surface area contributed by atoms with Crippen LogP contribution >= 0.6 is 11.8 Å². The Bertz CT molecular complexity index is 421. The van der Waals surface area contributed by atoms with Gasteiger partial charge in [0.25, 0.3) is 0 Å². The Kier molecular flexibility index (Phi) is 7.70. The van der Waals surface area contributed by atoms with Crippen molar-refractivity contribution < 1.29 is 4.79 Å². The van der Waals surface area contributed by atoms with Crippen LogP contribution in [0.3, 0.4) is 0 Å². The molecule has 4 heteroatoms. The minimum atomic E-state index is -0.0834. The van der Waals surface area contributed by atoms with Gasteiger partial charge < -0.3 is 11.1 Å². The molecule has 0 saturated carbocycles. The SMILES string of the molecule is CCCCCNC(=O)C(C)Sc1cccc(C(C)N)c1. The highest BCUT2D eigenvalue weighted by Crippen LogP contribution is 2.25. The number of unbranched alkanes of at least 4 members (excludes halogenated alkanes) is 2. The Morgan fingerprint density at radius 2 is 2.10 bits per heavy atom. The first-order chi connectivity index (χ1) is 9.54. The van der Waals surface area contributed by atoms with Crippen molar-refractivity contribution in [1.82, 2.24) is 5.32 Å². The molecule has 112 valence electrons. The number of hydrogen-bond donors (Lipinski definition) is 2.